The fourth-order valence-corrected chi connectivity index (χ4v) is 3.49. The summed E-state index contributed by atoms with van der Waals surface area (Å²) in [5, 5.41) is 3.83. The fraction of sp³-hybridized carbons (Fsp3) is 1.00. The standard InChI is InChI=1S/C16H33N/c1-6-11-17-15(12-13(2)3)14-9-7-8-10-16(14,4)5/h13-15,17H,6-12H2,1-5H3. The maximum Gasteiger partial charge on any atom is 0.0103 e. The van der Waals surface area contributed by atoms with Crippen molar-refractivity contribution in [3.63, 3.8) is 0 Å². The molecule has 0 aromatic carbocycles. The first kappa shape index (κ1) is 15.0. The summed E-state index contributed by atoms with van der Waals surface area (Å²) < 4.78 is 0. The van der Waals surface area contributed by atoms with Crippen molar-refractivity contribution >= 4 is 0 Å². The van der Waals surface area contributed by atoms with Gasteiger partial charge in [-0.2, -0.15) is 0 Å². The van der Waals surface area contributed by atoms with Gasteiger partial charge in [0.15, 0.2) is 0 Å². The third kappa shape index (κ3) is 4.62. The van der Waals surface area contributed by atoms with Crippen molar-refractivity contribution in [1.82, 2.24) is 5.32 Å². The van der Waals surface area contributed by atoms with Crippen LogP contribution in [0.4, 0.5) is 0 Å². The molecule has 17 heavy (non-hydrogen) atoms. The Balaban J connectivity index is 2.65. The summed E-state index contributed by atoms with van der Waals surface area (Å²) in [6.45, 7) is 13.1. The smallest absolute Gasteiger partial charge is 0.0103 e. The molecule has 2 atom stereocenters. The molecule has 1 N–H and O–H groups in total. The Bertz CT molecular complexity index is 208. The van der Waals surface area contributed by atoms with Crippen LogP contribution in [0.15, 0.2) is 0 Å². The van der Waals surface area contributed by atoms with E-state index in [0.717, 1.165) is 17.9 Å². The Labute approximate surface area is 109 Å². The van der Waals surface area contributed by atoms with Crippen molar-refractivity contribution in [2.45, 2.75) is 79.2 Å². The molecule has 1 nitrogen and oxygen atoms in total. The van der Waals surface area contributed by atoms with Gasteiger partial charge in [0.2, 0.25) is 0 Å². The summed E-state index contributed by atoms with van der Waals surface area (Å²) in [5.41, 5.74) is 0.540. The van der Waals surface area contributed by atoms with E-state index in [0.29, 0.717) is 5.41 Å². The monoisotopic (exact) mass is 239 g/mol. The molecule has 0 saturated heterocycles. The minimum atomic E-state index is 0.540. The van der Waals surface area contributed by atoms with Crippen LogP contribution in [0.2, 0.25) is 0 Å². The molecule has 1 heteroatoms. The zero-order chi connectivity index (χ0) is 12.9. The Morgan fingerprint density at radius 2 is 1.94 bits per heavy atom. The van der Waals surface area contributed by atoms with E-state index in [1.165, 1.54) is 45.1 Å². The average molecular weight is 239 g/mol. The SMILES string of the molecule is CCCNC(CC(C)C)C1CCCCC1(C)C. The highest BCUT2D eigenvalue weighted by Gasteiger charge is 2.37. The van der Waals surface area contributed by atoms with E-state index in [1.54, 1.807) is 0 Å². The van der Waals surface area contributed by atoms with Crippen LogP contribution >= 0.6 is 0 Å². The van der Waals surface area contributed by atoms with Gasteiger partial charge in [-0.25, -0.2) is 0 Å². The van der Waals surface area contributed by atoms with E-state index in [1.807, 2.05) is 0 Å². The molecule has 0 heterocycles. The minimum absolute atomic E-state index is 0.540. The van der Waals surface area contributed by atoms with E-state index < -0.39 is 0 Å². The van der Waals surface area contributed by atoms with Crippen LogP contribution in [0.1, 0.15) is 73.1 Å². The van der Waals surface area contributed by atoms with Gasteiger partial charge < -0.3 is 5.32 Å². The molecule has 2 unspecified atom stereocenters. The van der Waals surface area contributed by atoms with Crippen molar-refractivity contribution in [2.75, 3.05) is 6.54 Å². The van der Waals surface area contributed by atoms with Gasteiger partial charge >= 0.3 is 0 Å². The lowest BCUT2D eigenvalue weighted by molar-refractivity contribution is 0.0896. The van der Waals surface area contributed by atoms with E-state index in [9.17, 15) is 0 Å². The van der Waals surface area contributed by atoms with Crippen molar-refractivity contribution in [3.05, 3.63) is 0 Å². The number of rotatable bonds is 6. The molecule has 1 saturated carbocycles. The molecule has 0 amide bonds. The molecular formula is C16H33N. The summed E-state index contributed by atoms with van der Waals surface area (Å²) in [7, 11) is 0. The van der Waals surface area contributed by atoms with Gasteiger partial charge in [-0.05, 0) is 49.5 Å². The molecule has 1 fully saturated rings. The van der Waals surface area contributed by atoms with E-state index >= 15 is 0 Å². The van der Waals surface area contributed by atoms with E-state index in [-0.39, 0.29) is 0 Å². The van der Waals surface area contributed by atoms with Gasteiger partial charge in [-0.1, -0.05) is 47.5 Å². The first-order valence-corrected chi connectivity index (χ1v) is 7.70. The third-order valence-corrected chi connectivity index (χ3v) is 4.46. The largest absolute Gasteiger partial charge is 0.314 e. The Morgan fingerprint density at radius 3 is 2.47 bits per heavy atom. The highest BCUT2D eigenvalue weighted by molar-refractivity contribution is 4.90. The summed E-state index contributed by atoms with van der Waals surface area (Å²) in [6.07, 6.45) is 8.32. The quantitative estimate of drug-likeness (QED) is 0.713. The second-order valence-electron chi connectivity index (χ2n) is 7.03. The maximum atomic E-state index is 3.83. The molecule has 0 radical (unpaired) electrons. The van der Waals surface area contributed by atoms with Crippen LogP contribution < -0.4 is 5.32 Å². The van der Waals surface area contributed by atoms with E-state index in [2.05, 4.69) is 39.9 Å². The summed E-state index contributed by atoms with van der Waals surface area (Å²) in [5.74, 6) is 1.69. The van der Waals surface area contributed by atoms with Gasteiger partial charge in [0.25, 0.3) is 0 Å². The van der Waals surface area contributed by atoms with Crippen LogP contribution in [0.5, 0.6) is 0 Å². The highest BCUT2D eigenvalue weighted by Crippen LogP contribution is 2.43. The van der Waals surface area contributed by atoms with Gasteiger partial charge in [-0.15, -0.1) is 0 Å². The predicted octanol–water partition coefficient (Wildman–Crippen LogP) is 4.62. The average Bonchev–Trinajstić information content (AvgIpc) is 2.23. The predicted molar refractivity (Wildman–Crippen MR) is 77.3 cm³/mol. The lowest BCUT2D eigenvalue weighted by Crippen LogP contribution is -2.45. The van der Waals surface area contributed by atoms with Crippen LogP contribution in [0.25, 0.3) is 0 Å². The number of hydrogen-bond acceptors (Lipinski definition) is 1. The Morgan fingerprint density at radius 1 is 1.24 bits per heavy atom. The van der Waals surface area contributed by atoms with Gasteiger partial charge in [0.05, 0.1) is 0 Å². The molecule has 1 aliphatic carbocycles. The topological polar surface area (TPSA) is 12.0 Å². The first-order valence-electron chi connectivity index (χ1n) is 7.70. The Hall–Kier alpha value is -0.0400. The molecule has 0 aliphatic heterocycles. The first-order chi connectivity index (χ1) is 7.97. The van der Waals surface area contributed by atoms with Gasteiger partial charge in [0.1, 0.15) is 0 Å². The second kappa shape index (κ2) is 6.78. The zero-order valence-corrected chi connectivity index (χ0v) is 12.7. The summed E-state index contributed by atoms with van der Waals surface area (Å²) in [6, 6.07) is 0.741. The van der Waals surface area contributed by atoms with Crippen molar-refractivity contribution < 1.29 is 0 Å². The number of hydrogen-bond donors (Lipinski definition) is 1. The van der Waals surface area contributed by atoms with Crippen molar-refractivity contribution in [2.24, 2.45) is 17.3 Å². The zero-order valence-electron chi connectivity index (χ0n) is 12.7. The van der Waals surface area contributed by atoms with Crippen LogP contribution in [0, 0.1) is 17.3 Å². The molecule has 0 aromatic heterocycles. The van der Waals surface area contributed by atoms with Crippen LogP contribution in [-0.4, -0.2) is 12.6 Å². The maximum absolute atomic E-state index is 3.83. The molecule has 0 aromatic rings. The molecular weight excluding hydrogens is 206 g/mol. The third-order valence-electron chi connectivity index (χ3n) is 4.46. The second-order valence-corrected chi connectivity index (χ2v) is 7.03. The van der Waals surface area contributed by atoms with Crippen LogP contribution in [0.3, 0.4) is 0 Å². The summed E-state index contributed by atoms with van der Waals surface area (Å²) in [4.78, 5) is 0. The molecule has 1 rings (SSSR count). The Kier molecular flexibility index (Phi) is 5.99. The van der Waals surface area contributed by atoms with Crippen molar-refractivity contribution in [1.29, 1.82) is 0 Å². The highest BCUT2D eigenvalue weighted by atomic mass is 14.9. The van der Waals surface area contributed by atoms with Crippen LogP contribution in [-0.2, 0) is 0 Å². The molecule has 0 spiro atoms. The van der Waals surface area contributed by atoms with Crippen molar-refractivity contribution in [3.8, 4) is 0 Å². The normalized spacial score (nSPS) is 26.1. The molecule has 1 aliphatic rings. The van der Waals surface area contributed by atoms with E-state index in [4.69, 9.17) is 0 Å². The molecule has 0 bridgehead atoms. The lowest BCUT2D eigenvalue weighted by Gasteiger charge is -2.44. The minimum Gasteiger partial charge on any atom is -0.314 e. The summed E-state index contributed by atoms with van der Waals surface area (Å²) >= 11 is 0. The fourth-order valence-electron chi connectivity index (χ4n) is 3.49. The van der Waals surface area contributed by atoms with Gasteiger partial charge in [0, 0.05) is 6.04 Å². The number of nitrogens with one attached hydrogen (secondary N) is 1. The lowest BCUT2D eigenvalue weighted by atomic mass is 9.65. The molecule has 102 valence electrons. The van der Waals surface area contributed by atoms with Gasteiger partial charge in [-0.3, -0.25) is 0 Å².